The van der Waals surface area contributed by atoms with Gasteiger partial charge in [0.1, 0.15) is 11.6 Å². The minimum absolute atomic E-state index is 0.0501. The maximum absolute atomic E-state index is 13.5. The number of hydrogen-bond acceptors (Lipinski definition) is 5. The Kier molecular flexibility index (Phi) is 5.95. The summed E-state index contributed by atoms with van der Waals surface area (Å²) in [6, 6.07) is 12.9. The Balaban J connectivity index is 1.97. The van der Waals surface area contributed by atoms with Gasteiger partial charge in [0.05, 0.1) is 19.8 Å². The number of methoxy groups -OCH3 is 1. The normalized spacial score (nSPS) is 15.9. The van der Waals surface area contributed by atoms with Crippen LogP contribution in [0.15, 0.2) is 47.3 Å². The number of nitrogens with two attached hydrogens (primary N) is 1. The summed E-state index contributed by atoms with van der Waals surface area (Å²) in [6.45, 7) is 2.86. The van der Waals surface area contributed by atoms with E-state index in [1.54, 1.807) is 30.7 Å². The van der Waals surface area contributed by atoms with Gasteiger partial charge in [-0.15, -0.1) is 0 Å². The maximum atomic E-state index is 13.5. The Labute approximate surface area is 180 Å². The smallest absolute Gasteiger partial charge is 0.260 e. The highest BCUT2D eigenvalue weighted by molar-refractivity contribution is 6.04. The molecule has 0 aliphatic carbocycles. The molecule has 0 radical (unpaired) electrons. The number of anilines is 2. The van der Waals surface area contributed by atoms with Gasteiger partial charge >= 0.3 is 0 Å². The van der Waals surface area contributed by atoms with E-state index in [9.17, 15) is 9.59 Å². The number of nitrogens with zero attached hydrogens (tertiary/aromatic N) is 1. The molecule has 0 saturated carbocycles. The molecule has 162 valence electrons. The van der Waals surface area contributed by atoms with Gasteiger partial charge in [-0.2, -0.15) is 0 Å². The summed E-state index contributed by atoms with van der Waals surface area (Å²) in [7, 11) is 1.61. The summed E-state index contributed by atoms with van der Waals surface area (Å²) in [4.78, 5) is 25.3. The van der Waals surface area contributed by atoms with Crippen LogP contribution < -0.4 is 21.3 Å². The second-order valence-electron chi connectivity index (χ2n) is 7.67. The third-order valence-corrected chi connectivity index (χ3v) is 5.70. The largest absolute Gasteiger partial charge is 0.496 e. The number of amides is 1. The molecule has 4 rings (SSSR count). The van der Waals surface area contributed by atoms with Gasteiger partial charge in [-0.3, -0.25) is 14.2 Å². The fraction of sp³-hybridized carbons (Fsp3) is 0.333. The molecular weight excluding hydrogens is 394 g/mol. The van der Waals surface area contributed by atoms with Crippen molar-refractivity contribution in [2.75, 3.05) is 24.8 Å². The third-order valence-electron chi connectivity index (χ3n) is 5.70. The van der Waals surface area contributed by atoms with Gasteiger partial charge in [0.15, 0.2) is 0 Å². The van der Waals surface area contributed by atoms with Crippen LogP contribution in [0.4, 0.5) is 11.5 Å². The summed E-state index contributed by atoms with van der Waals surface area (Å²) in [5.41, 5.74) is 8.53. The molecule has 7 nitrogen and oxygen atoms in total. The predicted octanol–water partition coefficient (Wildman–Crippen LogP) is 3.79. The van der Waals surface area contributed by atoms with Gasteiger partial charge < -0.3 is 20.5 Å². The number of nitrogens with one attached hydrogen (secondary N) is 1. The Morgan fingerprint density at radius 2 is 2.06 bits per heavy atom. The Morgan fingerprint density at radius 1 is 1.26 bits per heavy atom. The number of ether oxygens (including phenoxy) is 2. The highest BCUT2D eigenvalue weighted by Crippen LogP contribution is 2.38. The van der Waals surface area contributed by atoms with E-state index in [1.807, 2.05) is 30.3 Å². The van der Waals surface area contributed by atoms with Crippen molar-refractivity contribution in [3.05, 3.63) is 52.8 Å². The first-order chi connectivity index (χ1) is 15.0. The minimum atomic E-state index is -0.200. The van der Waals surface area contributed by atoms with Crippen LogP contribution in [0, 0.1) is 0 Å². The van der Waals surface area contributed by atoms with Gasteiger partial charge in [-0.1, -0.05) is 31.2 Å². The van der Waals surface area contributed by atoms with Crippen LogP contribution in [0.5, 0.6) is 5.75 Å². The van der Waals surface area contributed by atoms with Crippen molar-refractivity contribution < 1.29 is 14.3 Å². The molecule has 31 heavy (non-hydrogen) atoms. The van der Waals surface area contributed by atoms with Crippen molar-refractivity contribution >= 4 is 28.2 Å². The Bertz CT molecular complexity index is 1180. The maximum Gasteiger partial charge on any atom is 0.260 e. The summed E-state index contributed by atoms with van der Waals surface area (Å²) in [5, 5.41) is 4.03. The molecule has 1 aromatic heterocycles. The molecule has 1 amide bonds. The molecule has 1 saturated heterocycles. The Morgan fingerprint density at radius 3 is 2.77 bits per heavy atom. The first kappa shape index (κ1) is 20.9. The van der Waals surface area contributed by atoms with Gasteiger partial charge in [-0.25, -0.2) is 0 Å². The third kappa shape index (κ3) is 4.01. The minimum Gasteiger partial charge on any atom is -0.496 e. The van der Waals surface area contributed by atoms with Crippen molar-refractivity contribution in [2.24, 2.45) is 0 Å². The number of carbonyl (C=O) groups excluding carboxylic acids is 1. The van der Waals surface area contributed by atoms with E-state index in [2.05, 4.69) is 5.32 Å². The molecule has 1 fully saturated rings. The lowest BCUT2D eigenvalue weighted by atomic mass is 9.97. The molecular formula is C24H27N3O4. The molecule has 1 aliphatic heterocycles. The van der Waals surface area contributed by atoms with E-state index >= 15 is 0 Å². The SMILES string of the molecule is CCC(=O)Nc1ccc2c(-c3ccccc3OC)c(N)n(CC3CCCO3)c(=O)c2c1. The topological polar surface area (TPSA) is 95.6 Å². The molecule has 2 heterocycles. The number of para-hydroxylation sites is 1. The number of carbonyl (C=O) groups is 1. The second kappa shape index (κ2) is 8.81. The number of fused-ring (bicyclic) bond motifs is 1. The van der Waals surface area contributed by atoms with E-state index in [4.69, 9.17) is 15.2 Å². The molecule has 0 bridgehead atoms. The highest BCUT2D eigenvalue weighted by atomic mass is 16.5. The quantitative estimate of drug-likeness (QED) is 0.631. The zero-order chi connectivity index (χ0) is 22.0. The van der Waals surface area contributed by atoms with Gasteiger partial charge in [0, 0.05) is 35.2 Å². The molecule has 1 atom stereocenters. The lowest BCUT2D eigenvalue weighted by Gasteiger charge is -2.21. The van der Waals surface area contributed by atoms with Crippen LogP contribution >= 0.6 is 0 Å². The number of rotatable bonds is 6. The fourth-order valence-corrected chi connectivity index (χ4v) is 4.10. The number of hydrogen-bond donors (Lipinski definition) is 2. The zero-order valence-electron chi connectivity index (χ0n) is 17.8. The Hall–Kier alpha value is -3.32. The van der Waals surface area contributed by atoms with Crippen molar-refractivity contribution in [2.45, 2.75) is 38.8 Å². The van der Waals surface area contributed by atoms with Crippen LogP contribution in [-0.2, 0) is 16.1 Å². The molecule has 3 aromatic rings. The summed E-state index contributed by atoms with van der Waals surface area (Å²) in [5.74, 6) is 0.934. The molecule has 1 unspecified atom stereocenters. The standard InChI is InChI=1S/C24H27N3O4/c1-3-21(28)26-15-10-11-17-19(13-15)24(29)27(14-16-7-6-12-31-16)23(25)22(17)18-8-4-5-9-20(18)30-2/h4-5,8-11,13,16H,3,6-7,12,14,25H2,1-2H3,(H,26,28). The summed E-state index contributed by atoms with van der Waals surface area (Å²) >= 11 is 0. The van der Waals surface area contributed by atoms with Gasteiger partial charge in [-0.05, 0) is 36.4 Å². The number of aromatic nitrogens is 1. The molecule has 0 spiro atoms. The van der Waals surface area contributed by atoms with E-state index in [-0.39, 0.29) is 17.6 Å². The van der Waals surface area contributed by atoms with Crippen molar-refractivity contribution in [1.82, 2.24) is 4.57 Å². The zero-order valence-corrected chi connectivity index (χ0v) is 17.8. The predicted molar refractivity (Wildman–Crippen MR) is 123 cm³/mol. The lowest BCUT2D eigenvalue weighted by molar-refractivity contribution is -0.115. The molecule has 7 heteroatoms. The molecule has 2 aromatic carbocycles. The monoisotopic (exact) mass is 421 g/mol. The average molecular weight is 421 g/mol. The first-order valence-corrected chi connectivity index (χ1v) is 10.5. The first-order valence-electron chi connectivity index (χ1n) is 10.5. The molecule has 3 N–H and O–H groups in total. The van der Waals surface area contributed by atoms with Crippen LogP contribution in [0.3, 0.4) is 0 Å². The second-order valence-corrected chi connectivity index (χ2v) is 7.67. The van der Waals surface area contributed by atoms with E-state index in [0.717, 1.165) is 24.0 Å². The van der Waals surface area contributed by atoms with Crippen molar-refractivity contribution in [3.63, 3.8) is 0 Å². The number of pyridine rings is 1. The van der Waals surface area contributed by atoms with Gasteiger partial charge in [0.2, 0.25) is 5.91 Å². The highest BCUT2D eigenvalue weighted by Gasteiger charge is 2.23. The van der Waals surface area contributed by atoms with E-state index in [0.29, 0.717) is 47.6 Å². The number of nitrogen functional groups attached to an aromatic ring is 1. The fourth-order valence-electron chi connectivity index (χ4n) is 4.10. The van der Waals surface area contributed by atoms with Crippen LogP contribution in [0.25, 0.3) is 21.9 Å². The van der Waals surface area contributed by atoms with E-state index in [1.165, 1.54) is 0 Å². The average Bonchev–Trinajstić information content (AvgIpc) is 3.30. The van der Waals surface area contributed by atoms with Gasteiger partial charge in [0.25, 0.3) is 5.56 Å². The van der Waals surface area contributed by atoms with Crippen molar-refractivity contribution in [3.8, 4) is 16.9 Å². The van der Waals surface area contributed by atoms with Crippen LogP contribution in [0.1, 0.15) is 26.2 Å². The summed E-state index contributed by atoms with van der Waals surface area (Å²) in [6.07, 6.45) is 2.17. The van der Waals surface area contributed by atoms with Crippen LogP contribution in [-0.4, -0.2) is 30.3 Å². The lowest BCUT2D eigenvalue weighted by Crippen LogP contribution is -2.29. The van der Waals surface area contributed by atoms with Crippen LogP contribution in [0.2, 0.25) is 0 Å². The van der Waals surface area contributed by atoms with E-state index < -0.39 is 0 Å². The molecule has 1 aliphatic rings. The summed E-state index contributed by atoms with van der Waals surface area (Å²) < 4.78 is 12.9. The number of benzene rings is 2. The van der Waals surface area contributed by atoms with Crippen molar-refractivity contribution in [1.29, 1.82) is 0 Å².